The Morgan fingerprint density at radius 2 is 1.95 bits per heavy atom. The van der Waals surface area contributed by atoms with Crippen molar-refractivity contribution in [2.24, 2.45) is 4.99 Å². The maximum atomic E-state index is 13.8. The molecule has 39 heavy (non-hydrogen) atoms. The van der Waals surface area contributed by atoms with Gasteiger partial charge in [0.1, 0.15) is 0 Å². The summed E-state index contributed by atoms with van der Waals surface area (Å²) < 4.78 is 47.1. The summed E-state index contributed by atoms with van der Waals surface area (Å²) in [6.45, 7) is 10.6. The summed E-state index contributed by atoms with van der Waals surface area (Å²) in [7, 11) is 0. The van der Waals surface area contributed by atoms with Crippen LogP contribution < -0.4 is 15.0 Å². The van der Waals surface area contributed by atoms with E-state index in [1.807, 2.05) is 36.9 Å². The molecule has 1 aliphatic heterocycles. The van der Waals surface area contributed by atoms with Crippen LogP contribution in [0.5, 0.6) is 5.88 Å². The number of hydrogen-bond acceptors (Lipinski definition) is 6. The van der Waals surface area contributed by atoms with E-state index in [1.165, 1.54) is 6.07 Å². The number of halogens is 3. The van der Waals surface area contributed by atoms with Crippen molar-refractivity contribution < 1.29 is 17.9 Å². The Balaban J connectivity index is 1.57. The van der Waals surface area contributed by atoms with Gasteiger partial charge >= 0.3 is 6.18 Å². The van der Waals surface area contributed by atoms with Crippen LogP contribution in [0.15, 0.2) is 59.7 Å². The van der Waals surface area contributed by atoms with Gasteiger partial charge in [0.2, 0.25) is 5.88 Å². The van der Waals surface area contributed by atoms with Gasteiger partial charge in [-0.15, -0.1) is 0 Å². The molecule has 0 saturated heterocycles. The fraction of sp³-hybridized carbons (Fsp3) is 0.433. The minimum Gasteiger partial charge on any atom is -0.477 e. The number of anilines is 1. The van der Waals surface area contributed by atoms with Crippen molar-refractivity contribution in [1.82, 2.24) is 15.3 Å². The van der Waals surface area contributed by atoms with Crippen molar-refractivity contribution in [2.45, 2.75) is 57.8 Å². The molecule has 6 nitrogen and oxygen atoms in total. The fourth-order valence-electron chi connectivity index (χ4n) is 5.18. The zero-order valence-corrected chi connectivity index (χ0v) is 22.5. The van der Waals surface area contributed by atoms with E-state index in [0.29, 0.717) is 45.1 Å². The van der Waals surface area contributed by atoms with Crippen molar-refractivity contribution >= 4 is 12.4 Å². The predicted molar refractivity (Wildman–Crippen MR) is 150 cm³/mol. The summed E-state index contributed by atoms with van der Waals surface area (Å²) in [5.41, 5.74) is 3.24. The number of aliphatic imine (C=N–C) groups is 1. The van der Waals surface area contributed by atoms with Crippen molar-refractivity contribution in [3.8, 4) is 17.1 Å². The van der Waals surface area contributed by atoms with E-state index < -0.39 is 11.7 Å². The van der Waals surface area contributed by atoms with Gasteiger partial charge < -0.3 is 15.0 Å². The van der Waals surface area contributed by atoms with Gasteiger partial charge in [0.05, 0.1) is 35.2 Å². The summed E-state index contributed by atoms with van der Waals surface area (Å²) in [5.74, 6) is 0.559. The molecule has 3 heterocycles. The SMILES string of the molecule is C=NC(CCN(CCCC)c1ccccc1C(F)(F)F)C1CNCc2nc(-c3cccnc3OCC)ccc21. The van der Waals surface area contributed by atoms with Gasteiger partial charge in [-0.05, 0) is 62.4 Å². The van der Waals surface area contributed by atoms with Gasteiger partial charge in [-0.25, -0.2) is 4.98 Å². The molecular weight excluding hydrogens is 503 g/mol. The number of nitrogens with zero attached hydrogens (tertiary/aromatic N) is 4. The molecule has 4 rings (SSSR count). The molecule has 208 valence electrons. The Kier molecular flexibility index (Phi) is 9.56. The van der Waals surface area contributed by atoms with Crippen molar-refractivity contribution in [2.75, 3.05) is 31.1 Å². The van der Waals surface area contributed by atoms with Crippen molar-refractivity contribution in [3.05, 3.63) is 71.5 Å². The molecule has 1 aromatic carbocycles. The molecule has 0 aliphatic carbocycles. The molecule has 2 atom stereocenters. The Bertz CT molecular complexity index is 1250. The molecule has 3 aromatic rings. The average Bonchev–Trinajstić information content (AvgIpc) is 2.94. The van der Waals surface area contributed by atoms with E-state index in [1.54, 1.807) is 18.3 Å². The third-order valence-electron chi connectivity index (χ3n) is 7.12. The molecule has 0 amide bonds. The maximum absolute atomic E-state index is 13.8. The number of pyridine rings is 2. The number of nitrogens with one attached hydrogen (secondary N) is 1. The van der Waals surface area contributed by atoms with Crippen LogP contribution in [0.2, 0.25) is 0 Å². The minimum atomic E-state index is -4.41. The topological polar surface area (TPSA) is 62.6 Å². The van der Waals surface area contributed by atoms with Gasteiger partial charge in [0.25, 0.3) is 0 Å². The molecule has 0 fully saturated rings. The molecule has 0 bridgehead atoms. The first-order valence-electron chi connectivity index (χ1n) is 13.5. The quantitative estimate of drug-likeness (QED) is 0.266. The van der Waals surface area contributed by atoms with Gasteiger partial charge in [-0.3, -0.25) is 9.98 Å². The lowest BCUT2D eigenvalue weighted by Gasteiger charge is -2.33. The molecular formula is C30H36F3N5O. The number of aromatic nitrogens is 2. The number of unbranched alkanes of at least 4 members (excludes halogenated alkanes) is 1. The highest BCUT2D eigenvalue weighted by atomic mass is 19.4. The number of para-hydroxylation sites is 1. The molecule has 0 saturated carbocycles. The second-order valence-corrected chi connectivity index (χ2v) is 9.65. The molecule has 1 aliphatic rings. The summed E-state index contributed by atoms with van der Waals surface area (Å²) in [5, 5.41) is 3.45. The van der Waals surface area contributed by atoms with E-state index in [2.05, 4.69) is 28.1 Å². The highest BCUT2D eigenvalue weighted by Gasteiger charge is 2.35. The standard InChI is InChI=1S/C30H36F3N5O/c1-4-6-17-38(28-12-8-7-11-24(28)30(31,32)33)18-15-25(34-3)23-19-35-20-27-21(23)13-14-26(37-27)22-10-9-16-36-29(22)39-5-2/h7-14,16,23,25,35H,3-6,15,17-20H2,1-2H3. The van der Waals surface area contributed by atoms with Crippen LogP contribution >= 0.6 is 0 Å². The summed E-state index contributed by atoms with van der Waals surface area (Å²) in [4.78, 5) is 15.6. The molecule has 1 N–H and O–H groups in total. The number of alkyl halides is 3. The van der Waals surface area contributed by atoms with E-state index in [0.717, 1.165) is 41.4 Å². The van der Waals surface area contributed by atoms with E-state index in [4.69, 9.17) is 9.72 Å². The number of ether oxygens (including phenoxy) is 1. The number of hydrogen-bond donors (Lipinski definition) is 1. The zero-order valence-electron chi connectivity index (χ0n) is 22.5. The molecule has 0 radical (unpaired) electrons. The third kappa shape index (κ3) is 6.76. The van der Waals surface area contributed by atoms with Crippen LogP contribution in [-0.2, 0) is 12.7 Å². The second kappa shape index (κ2) is 13.1. The second-order valence-electron chi connectivity index (χ2n) is 9.65. The first kappa shape index (κ1) is 28.5. The van der Waals surface area contributed by atoms with Crippen LogP contribution in [0, 0.1) is 0 Å². The summed E-state index contributed by atoms with van der Waals surface area (Å²) in [6.07, 6.45) is -0.449. The minimum absolute atomic E-state index is 0.0129. The highest BCUT2D eigenvalue weighted by molar-refractivity contribution is 5.65. The molecule has 2 unspecified atom stereocenters. The summed E-state index contributed by atoms with van der Waals surface area (Å²) >= 11 is 0. The zero-order chi connectivity index (χ0) is 27.8. The van der Waals surface area contributed by atoms with Crippen LogP contribution in [0.3, 0.4) is 0 Å². The lowest BCUT2D eigenvalue weighted by molar-refractivity contribution is -0.137. The lowest BCUT2D eigenvalue weighted by atomic mass is 9.86. The molecule has 9 heteroatoms. The van der Waals surface area contributed by atoms with Gasteiger partial charge in [0, 0.05) is 44.0 Å². The van der Waals surface area contributed by atoms with Gasteiger partial charge in [-0.1, -0.05) is 31.5 Å². The average molecular weight is 540 g/mol. The van der Waals surface area contributed by atoms with E-state index in [9.17, 15) is 13.2 Å². The number of benzene rings is 1. The largest absolute Gasteiger partial charge is 0.477 e. The van der Waals surface area contributed by atoms with Crippen molar-refractivity contribution in [1.29, 1.82) is 0 Å². The van der Waals surface area contributed by atoms with Crippen LogP contribution in [-0.4, -0.2) is 49.0 Å². The van der Waals surface area contributed by atoms with Crippen LogP contribution in [0.4, 0.5) is 18.9 Å². The van der Waals surface area contributed by atoms with Crippen LogP contribution in [0.25, 0.3) is 11.3 Å². The Hall–Kier alpha value is -3.46. The van der Waals surface area contributed by atoms with E-state index in [-0.39, 0.29) is 17.6 Å². The number of rotatable bonds is 12. The monoisotopic (exact) mass is 539 g/mol. The Labute approximate surface area is 228 Å². The Morgan fingerprint density at radius 3 is 2.69 bits per heavy atom. The fourth-order valence-corrected chi connectivity index (χ4v) is 5.18. The van der Waals surface area contributed by atoms with Crippen molar-refractivity contribution in [3.63, 3.8) is 0 Å². The van der Waals surface area contributed by atoms with E-state index >= 15 is 0 Å². The highest BCUT2D eigenvalue weighted by Crippen LogP contribution is 2.38. The third-order valence-corrected chi connectivity index (χ3v) is 7.12. The van der Waals surface area contributed by atoms with Gasteiger partial charge in [0.15, 0.2) is 0 Å². The first-order chi connectivity index (χ1) is 18.9. The smallest absolute Gasteiger partial charge is 0.418 e. The summed E-state index contributed by atoms with van der Waals surface area (Å²) in [6, 6.07) is 13.5. The van der Waals surface area contributed by atoms with Gasteiger partial charge in [-0.2, -0.15) is 13.2 Å². The normalized spacial score (nSPS) is 15.9. The number of fused-ring (bicyclic) bond motifs is 1. The molecule has 0 spiro atoms. The Morgan fingerprint density at radius 1 is 1.13 bits per heavy atom. The first-order valence-corrected chi connectivity index (χ1v) is 13.5. The maximum Gasteiger partial charge on any atom is 0.418 e. The lowest BCUT2D eigenvalue weighted by Crippen LogP contribution is -2.37. The van der Waals surface area contributed by atoms with Crippen LogP contribution in [0.1, 0.15) is 55.8 Å². The predicted octanol–water partition coefficient (Wildman–Crippen LogP) is 6.51. The molecule has 2 aromatic heterocycles.